The number of ether oxygens (including phenoxy) is 2. The van der Waals surface area contributed by atoms with Crippen LogP contribution in [0.2, 0.25) is 0 Å². The van der Waals surface area contributed by atoms with Gasteiger partial charge in [0.1, 0.15) is 11.8 Å². The summed E-state index contributed by atoms with van der Waals surface area (Å²) in [7, 11) is 1.24. The van der Waals surface area contributed by atoms with Crippen LogP contribution in [0, 0.1) is 5.92 Å². The van der Waals surface area contributed by atoms with Gasteiger partial charge in [-0.15, -0.1) is 0 Å². The molecule has 0 aliphatic rings. The van der Waals surface area contributed by atoms with Crippen LogP contribution in [-0.2, 0) is 19.1 Å². The largest absolute Gasteiger partial charge is 0.508 e. The van der Waals surface area contributed by atoms with Crippen LogP contribution in [0.1, 0.15) is 30.6 Å². The number of carbonyl (C=O) groups is 3. The van der Waals surface area contributed by atoms with Gasteiger partial charge >= 0.3 is 11.9 Å². The van der Waals surface area contributed by atoms with Crippen LogP contribution in [0.5, 0.6) is 5.75 Å². The van der Waals surface area contributed by atoms with Crippen LogP contribution < -0.4 is 5.32 Å². The number of methoxy groups -OCH3 is 1. The molecule has 1 amide bonds. The maximum Gasteiger partial charge on any atom is 0.338 e. The van der Waals surface area contributed by atoms with E-state index < -0.39 is 30.5 Å². The highest BCUT2D eigenvalue weighted by Crippen LogP contribution is 2.12. The fraction of sp³-hybridized carbons (Fsp3) is 0.438. The number of phenolic OH excluding ortho intramolecular Hbond substituents is 1. The zero-order valence-electron chi connectivity index (χ0n) is 13.4. The molecule has 7 heteroatoms. The molecule has 0 heterocycles. The lowest BCUT2D eigenvalue weighted by molar-refractivity contribution is -0.147. The summed E-state index contributed by atoms with van der Waals surface area (Å²) in [6, 6.07) is 4.79. The van der Waals surface area contributed by atoms with E-state index >= 15 is 0 Å². The Balaban J connectivity index is 2.58. The first kappa shape index (κ1) is 18.5. The molecule has 23 heavy (non-hydrogen) atoms. The molecule has 0 aliphatic heterocycles. The maximum atomic E-state index is 11.9. The zero-order valence-corrected chi connectivity index (χ0v) is 13.4. The normalized spacial score (nSPS) is 12.8. The summed E-state index contributed by atoms with van der Waals surface area (Å²) < 4.78 is 9.51. The molecular weight excluding hydrogens is 302 g/mol. The maximum absolute atomic E-state index is 11.9. The summed E-state index contributed by atoms with van der Waals surface area (Å²) in [6.45, 7) is 3.16. The van der Waals surface area contributed by atoms with Crippen molar-refractivity contribution in [3.8, 4) is 5.75 Å². The molecule has 1 aromatic carbocycles. The van der Waals surface area contributed by atoms with Crippen molar-refractivity contribution in [3.05, 3.63) is 29.8 Å². The van der Waals surface area contributed by atoms with Gasteiger partial charge in [-0.3, -0.25) is 4.79 Å². The number of phenols is 1. The first-order valence-electron chi connectivity index (χ1n) is 7.22. The Labute approximate surface area is 134 Å². The topological polar surface area (TPSA) is 102 Å². The Morgan fingerprint density at radius 3 is 2.57 bits per heavy atom. The van der Waals surface area contributed by atoms with Crippen molar-refractivity contribution in [2.24, 2.45) is 5.92 Å². The van der Waals surface area contributed by atoms with Crippen LogP contribution in [0.25, 0.3) is 0 Å². The Hall–Kier alpha value is -2.57. The molecule has 1 rings (SSSR count). The Bertz CT molecular complexity index is 571. The average Bonchev–Trinajstić information content (AvgIpc) is 2.56. The number of benzene rings is 1. The predicted molar refractivity (Wildman–Crippen MR) is 81.8 cm³/mol. The number of rotatable bonds is 7. The quantitative estimate of drug-likeness (QED) is 0.732. The molecule has 0 aliphatic carbocycles. The van der Waals surface area contributed by atoms with Gasteiger partial charge in [0.25, 0.3) is 5.91 Å². The summed E-state index contributed by atoms with van der Waals surface area (Å²) >= 11 is 0. The van der Waals surface area contributed by atoms with Gasteiger partial charge in [-0.05, 0) is 24.1 Å². The van der Waals surface area contributed by atoms with Crippen LogP contribution in [0.4, 0.5) is 0 Å². The summed E-state index contributed by atoms with van der Waals surface area (Å²) in [5.74, 6) is -2.09. The highest BCUT2D eigenvalue weighted by atomic mass is 16.5. The molecule has 0 bridgehead atoms. The third-order valence-corrected chi connectivity index (χ3v) is 3.40. The number of hydrogen-bond donors (Lipinski definition) is 2. The molecule has 0 aromatic heterocycles. The highest BCUT2D eigenvalue weighted by Gasteiger charge is 2.27. The molecule has 0 fully saturated rings. The van der Waals surface area contributed by atoms with Crippen molar-refractivity contribution in [1.82, 2.24) is 5.32 Å². The van der Waals surface area contributed by atoms with Gasteiger partial charge in [0, 0.05) is 0 Å². The molecule has 2 atom stereocenters. The van der Waals surface area contributed by atoms with E-state index in [0.29, 0.717) is 6.42 Å². The van der Waals surface area contributed by atoms with Gasteiger partial charge in [-0.1, -0.05) is 26.3 Å². The monoisotopic (exact) mass is 323 g/mol. The summed E-state index contributed by atoms with van der Waals surface area (Å²) in [5.41, 5.74) is 0.129. The molecule has 0 spiro atoms. The van der Waals surface area contributed by atoms with E-state index in [1.165, 1.54) is 31.4 Å². The molecule has 0 radical (unpaired) electrons. The van der Waals surface area contributed by atoms with Crippen LogP contribution in [0.15, 0.2) is 24.3 Å². The number of nitrogens with one attached hydrogen (secondary N) is 1. The Morgan fingerprint density at radius 1 is 1.30 bits per heavy atom. The van der Waals surface area contributed by atoms with E-state index in [1.54, 1.807) is 6.92 Å². The van der Waals surface area contributed by atoms with Gasteiger partial charge in [0.05, 0.1) is 12.7 Å². The van der Waals surface area contributed by atoms with Gasteiger partial charge in [0.2, 0.25) is 0 Å². The second-order valence-corrected chi connectivity index (χ2v) is 5.08. The van der Waals surface area contributed by atoms with Crippen molar-refractivity contribution in [2.75, 3.05) is 13.7 Å². The third kappa shape index (κ3) is 5.61. The SMILES string of the molecule is CC[C@H](C)[C@@H](NC(=O)COC(=O)c1cccc(O)c1)C(=O)OC. The smallest absolute Gasteiger partial charge is 0.338 e. The number of carbonyl (C=O) groups excluding carboxylic acids is 3. The van der Waals surface area contributed by atoms with Crippen molar-refractivity contribution in [2.45, 2.75) is 26.3 Å². The van der Waals surface area contributed by atoms with Gasteiger partial charge in [0.15, 0.2) is 6.61 Å². The van der Waals surface area contributed by atoms with E-state index in [9.17, 15) is 19.5 Å². The van der Waals surface area contributed by atoms with Gasteiger partial charge in [-0.2, -0.15) is 0 Å². The zero-order chi connectivity index (χ0) is 17.4. The Kier molecular flexibility index (Phi) is 7.05. The fourth-order valence-corrected chi connectivity index (χ4v) is 1.86. The number of hydrogen-bond acceptors (Lipinski definition) is 6. The minimum absolute atomic E-state index is 0.0774. The van der Waals surface area contributed by atoms with E-state index in [0.717, 1.165) is 0 Å². The number of aromatic hydroxyl groups is 1. The number of amides is 1. The van der Waals surface area contributed by atoms with E-state index in [1.807, 2.05) is 6.92 Å². The lowest BCUT2D eigenvalue weighted by Gasteiger charge is -2.21. The second kappa shape index (κ2) is 8.77. The molecule has 0 saturated heterocycles. The van der Waals surface area contributed by atoms with E-state index in [2.05, 4.69) is 10.1 Å². The summed E-state index contributed by atoms with van der Waals surface area (Å²) in [6.07, 6.45) is 0.670. The number of esters is 2. The van der Waals surface area contributed by atoms with Crippen molar-refractivity contribution >= 4 is 17.8 Å². The first-order valence-corrected chi connectivity index (χ1v) is 7.22. The van der Waals surface area contributed by atoms with Crippen molar-refractivity contribution < 1.29 is 29.0 Å². The lowest BCUT2D eigenvalue weighted by Crippen LogP contribution is -2.47. The fourth-order valence-electron chi connectivity index (χ4n) is 1.86. The third-order valence-electron chi connectivity index (χ3n) is 3.40. The molecule has 1 aromatic rings. The lowest BCUT2D eigenvalue weighted by atomic mass is 9.99. The van der Waals surface area contributed by atoms with Gasteiger partial charge in [-0.25, -0.2) is 9.59 Å². The minimum atomic E-state index is -0.794. The van der Waals surface area contributed by atoms with Crippen molar-refractivity contribution in [1.29, 1.82) is 0 Å². The standard InChI is InChI=1S/C16H21NO6/c1-4-10(2)14(16(21)22-3)17-13(19)9-23-15(20)11-6-5-7-12(18)8-11/h5-8,10,14,18H,4,9H2,1-3H3,(H,17,19)/t10-,14+/m0/s1. The summed E-state index contributed by atoms with van der Waals surface area (Å²) in [5, 5.41) is 11.8. The highest BCUT2D eigenvalue weighted by molar-refractivity contribution is 5.92. The van der Waals surface area contributed by atoms with Gasteiger partial charge < -0.3 is 19.9 Å². The van der Waals surface area contributed by atoms with E-state index in [-0.39, 0.29) is 17.2 Å². The minimum Gasteiger partial charge on any atom is -0.508 e. The van der Waals surface area contributed by atoms with Crippen LogP contribution >= 0.6 is 0 Å². The second-order valence-electron chi connectivity index (χ2n) is 5.08. The predicted octanol–water partition coefficient (Wildman–Crippen LogP) is 1.25. The molecule has 126 valence electrons. The molecular formula is C16H21NO6. The summed E-state index contributed by atoms with van der Waals surface area (Å²) in [4.78, 5) is 35.3. The molecule has 0 saturated carbocycles. The first-order chi connectivity index (χ1) is 10.9. The van der Waals surface area contributed by atoms with Crippen LogP contribution in [0.3, 0.4) is 0 Å². The van der Waals surface area contributed by atoms with Crippen LogP contribution in [-0.4, -0.2) is 42.7 Å². The molecule has 2 N–H and O–H groups in total. The van der Waals surface area contributed by atoms with E-state index in [4.69, 9.17) is 4.74 Å². The average molecular weight is 323 g/mol. The molecule has 7 nitrogen and oxygen atoms in total. The molecule has 0 unspecified atom stereocenters. The van der Waals surface area contributed by atoms with Crippen molar-refractivity contribution in [3.63, 3.8) is 0 Å². The Morgan fingerprint density at radius 2 is 2.00 bits per heavy atom.